The van der Waals surface area contributed by atoms with Gasteiger partial charge in [0.25, 0.3) is 5.91 Å². The first-order valence-corrected chi connectivity index (χ1v) is 8.13. The van der Waals surface area contributed by atoms with Gasteiger partial charge in [0, 0.05) is 18.4 Å². The highest BCUT2D eigenvalue weighted by molar-refractivity contribution is 5.95. The van der Waals surface area contributed by atoms with Crippen LogP contribution in [0, 0.1) is 0 Å². The first-order chi connectivity index (χ1) is 12.5. The van der Waals surface area contributed by atoms with Gasteiger partial charge in [-0.15, -0.1) is 0 Å². The second-order valence-corrected chi connectivity index (χ2v) is 5.86. The van der Waals surface area contributed by atoms with Gasteiger partial charge in [-0.25, -0.2) is 4.98 Å². The van der Waals surface area contributed by atoms with Crippen molar-refractivity contribution in [3.63, 3.8) is 0 Å². The quantitative estimate of drug-likeness (QED) is 0.729. The van der Waals surface area contributed by atoms with Crippen molar-refractivity contribution in [1.82, 2.24) is 10.3 Å². The number of benzene rings is 1. The molecule has 26 heavy (non-hydrogen) atoms. The second-order valence-electron chi connectivity index (χ2n) is 5.86. The normalized spacial score (nSPS) is 19.5. The molecule has 2 aromatic rings. The van der Waals surface area contributed by atoms with Crippen molar-refractivity contribution in [3.05, 3.63) is 53.9 Å². The van der Waals surface area contributed by atoms with E-state index in [1.165, 1.54) is 12.3 Å². The molecule has 2 atom stereocenters. The van der Waals surface area contributed by atoms with Gasteiger partial charge >= 0.3 is 0 Å². The van der Waals surface area contributed by atoms with Gasteiger partial charge in [0.15, 0.2) is 5.69 Å². The van der Waals surface area contributed by atoms with Crippen molar-refractivity contribution >= 4 is 11.8 Å². The highest BCUT2D eigenvalue weighted by atomic mass is 16.5. The standard InChI is InChI=1S/C18H19N3O5/c19-17(23)11-3-5-12(6-4-11)26-15-10-25-9-7-13(15)21-18(24)16-14(22)2-1-8-20-16/h1-6,8,13,15,22H,7,9-10H2,(H2,19,23)(H,21,24)/t13-,15-/m1/s1. The maximum atomic E-state index is 12.4. The summed E-state index contributed by atoms with van der Waals surface area (Å²) in [6.07, 6.45) is 1.58. The van der Waals surface area contributed by atoms with Crippen LogP contribution in [0.15, 0.2) is 42.6 Å². The van der Waals surface area contributed by atoms with Gasteiger partial charge in [-0.05, 0) is 42.8 Å². The highest BCUT2D eigenvalue weighted by Gasteiger charge is 2.30. The summed E-state index contributed by atoms with van der Waals surface area (Å²) in [4.78, 5) is 27.4. The number of aromatic hydroxyl groups is 1. The summed E-state index contributed by atoms with van der Waals surface area (Å²) in [5, 5.41) is 12.6. The number of ether oxygens (including phenoxy) is 2. The minimum Gasteiger partial charge on any atom is -0.505 e. The third-order valence-electron chi connectivity index (χ3n) is 4.05. The third kappa shape index (κ3) is 4.09. The van der Waals surface area contributed by atoms with Crippen molar-refractivity contribution in [1.29, 1.82) is 0 Å². The number of hydrogen-bond donors (Lipinski definition) is 3. The molecule has 136 valence electrons. The molecule has 0 unspecified atom stereocenters. The van der Waals surface area contributed by atoms with Crippen molar-refractivity contribution in [2.75, 3.05) is 13.2 Å². The molecule has 0 spiro atoms. The Morgan fingerprint density at radius 2 is 2.04 bits per heavy atom. The van der Waals surface area contributed by atoms with Crippen LogP contribution in [0.5, 0.6) is 11.5 Å². The summed E-state index contributed by atoms with van der Waals surface area (Å²) >= 11 is 0. The fraction of sp³-hybridized carbons (Fsp3) is 0.278. The minimum absolute atomic E-state index is 0.0384. The predicted octanol–water partition coefficient (Wildman–Crippen LogP) is 0.852. The lowest BCUT2D eigenvalue weighted by Gasteiger charge is -2.32. The highest BCUT2D eigenvalue weighted by Crippen LogP contribution is 2.20. The lowest BCUT2D eigenvalue weighted by Crippen LogP contribution is -2.51. The Morgan fingerprint density at radius 1 is 1.27 bits per heavy atom. The van der Waals surface area contributed by atoms with Crippen molar-refractivity contribution in [3.8, 4) is 11.5 Å². The van der Waals surface area contributed by atoms with E-state index in [2.05, 4.69) is 10.3 Å². The van der Waals surface area contributed by atoms with Crippen molar-refractivity contribution in [2.24, 2.45) is 5.73 Å². The van der Waals surface area contributed by atoms with Crippen LogP contribution in [0.4, 0.5) is 0 Å². The van der Waals surface area contributed by atoms with E-state index in [1.54, 1.807) is 30.3 Å². The van der Waals surface area contributed by atoms with Gasteiger partial charge in [0.2, 0.25) is 5.91 Å². The van der Waals surface area contributed by atoms with E-state index in [0.29, 0.717) is 30.9 Å². The number of rotatable bonds is 5. The number of nitrogens with zero attached hydrogens (tertiary/aromatic N) is 1. The molecule has 1 aromatic carbocycles. The Labute approximate surface area is 149 Å². The van der Waals surface area contributed by atoms with E-state index in [9.17, 15) is 14.7 Å². The van der Waals surface area contributed by atoms with Crippen LogP contribution in [0.25, 0.3) is 0 Å². The molecule has 1 aliphatic heterocycles. The van der Waals surface area contributed by atoms with Gasteiger partial charge in [-0.2, -0.15) is 0 Å². The summed E-state index contributed by atoms with van der Waals surface area (Å²) < 4.78 is 11.3. The van der Waals surface area contributed by atoms with Crippen LogP contribution in [0.2, 0.25) is 0 Å². The Bertz CT molecular complexity index is 794. The van der Waals surface area contributed by atoms with Gasteiger partial charge in [0.1, 0.15) is 17.6 Å². The molecule has 1 fully saturated rings. The van der Waals surface area contributed by atoms with Crippen molar-refractivity contribution < 1.29 is 24.2 Å². The molecule has 0 aliphatic carbocycles. The fourth-order valence-corrected chi connectivity index (χ4v) is 2.67. The summed E-state index contributed by atoms with van der Waals surface area (Å²) in [6.45, 7) is 0.788. The number of carbonyl (C=O) groups excluding carboxylic acids is 2. The summed E-state index contributed by atoms with van der Waals surface area (Å²) in [5.41, 5.74) is 5.56. The van der Waals surface area contributed by atoms with E-state index in [1.807, 2.05) is 0 Å². The molecule has 2 heterocycles. The van der Waals surface area contributed by atoms with Crippen LogP contribution in [-0.2, 0) is 4.74 Å². The molecule has 3 rings (SSSR count). The molecule has 4 N–H and O–H groups in total. The minimum atomic E-state index is -0.516. The largest absolute Gasteiger partial charge is 0.505 e. The molecule has 1 saturated heterocycles. The van der Waals surface area contributed by atoms with Crippen LogP contribution >= 0.6 is 0 Å². The molecule has 8 nitrogen and oxygen atoms in total. The Morgan fingerprint density at radius 3 is 2.73 bits per heavy atom. The summed E-state index contributed by atoms with van der Waals surface area (Å²) in [7, 11) is 0. The van der Waals surface area contributed by atoms with Crippen LogP contribution in [0.1, 0.15) is 27.3 Å². The topological polar surface area (TPSA) is 124 Å². The molecular weight excluding hydrogens is 338 g/mol. The Hall–Kier alpha value is -3.13. The maximum absolute atomic E-state index is 12.4. The molecular formula is C18H19N3O5. The van der Waals surface area contributed by atoms with Crippen LogP contribution < -0.4 is 15.8 Å². The lowest BCUT2D eigenvalue weighted by molar-refractivity contribution is -0.0135. The van der Waals surface area contributed by atoms with E-state index < -0.39 is 17.9 Å². The molecule has 0 bridgehead atoms. The predicted molar refractivity (Wildman–Crippen MR) is 92.0 cm³/mol. The average molecular weight is 357 g/mol. The molecule has 1 aliphatic rings. The van der Waals surface area contributed by atoms with Crippen molar-refractivity contribution in [2.45, 2.75) is 18.6 Å². The third-order valence-corrected chi connectivity index (χ3v) is 4.05. The zero-order valence-electron chi connectivity index (χ0n) is 13.9. The first-order valence-electron chi connectivity index (χ1n) is 8.13. The lowest BCUT2D eigenvalue weighted by atomic mass is 10.1. The van der Waals surface area contributed by atoms with Gasteiger partial charge < -0.3 is 25.6 Å². The monoisotopic (exact) mass is 357 g/mol. The molecule has 0 saturated carbocycles. The Balaban J connectivity index is 1.68. The molecule has 2 amide bonds. The number of primary amides is 1. The maximum Gasteiger partial charge on any atom is 0.274 e. The number of nitrogens with two attached hydrogens (primary N) is 1. The van der Waals surface area contributed by atoms with E-state index in [-0.39, 0.29) is 17.5 Å². The Kier molecular flexibility index (Phi) is 5.33. The fourth-order valence-electron chi connectivity index (χ4n) is 2.67. The number of nitrogens with one attached hydrogen (secondary N) is 1. The van der Waals surface area contributed by atoms with Gasteiger partial charge in [-0.1, -0.05) is 0 Å². The van der Waals surface area contributed by atoms with Crippen LogP contribution in [-0.4, -0.2) is 47.3 Å². The number of amides is 2. The zero-order chi connectivity index (χ0) is 18.5. The second kappa shape index (κ2) is 7.83. The summed E-state index contributed by atoms with van der Waals surface area (Å²) in [6, 6.07) is 9.05. The zero-order valence-corrected chi connectivity index (χ0v) is 13.9. The van der Waals surface area contributed by atoms with Crippen LogP contribution in [0.3, 0.4) is 0 Å². The van der Waals surface area contributed by atoms with E-state index in [4.69, 9.17) is 15.2 Å². The van der Waals surface area contributed by atoms with E-state index >= 15 is 0 Å². The molecule has 0 radical (unpaired) electrons. The molecule has 1 aromatic heterocycles. The number of aromatic nitrogens is 1. The average Bonchev–Trinajstić information content (AvgIpc) is 2.64. The van der Waals surface area contributed by atoms with Gasteiger partial charge in [-0.3, -0.25) is 9.59 Å². The van der Waals surface area contributed by atoms with E-state index in [0.717, 1.165) is 0 Å². The number of hydrogen-bond acceptors (Lipinski definition) is 6. The SMILES string of the molecule is NC(=O)c1ccc(O[C@@H]2COCC[C@H]2NC(=O)c2ncccc2O)cc1. The van der Waals surface area contributed by atoms with Gasteiger partial charge in [0.05, 0.1) is 12.6 Å². The molecule has 8 heteroatoms. The number of carbonyl (C=O) groups is 2. The summed E-state index contributed by atoms with van der Waals surface area (Å²) in [5.74, 6) is -0.646. The smallest absolute Gasteiger partial charge is 0.274 e. The number of pyridine rings is 1. The first kappa shape index (κ1) is 17.7.